The molecule has 2 heterocycles. The number of epoxide rings is 1. The predicted molar refractivity (Wildman–Crippen MR) is 141 cm³/mol. The van der Waals surface area contributed by atoms with Crippen molar-refractivity contribution >= 4 is 11.9 Å². The van der Waals surface area contributed by atoms with Gasteiger partial charge in [0.15, 0.2) is 6.10 Å². The maximum atomic E-state index is 12.9. The van der Waals surface area contributed by atoms with Gasteiger partial charge in [-0.25, -0.2) is 4.79 Å². The molecule has 2 aliphatic heterocycles. The van der Waals surface area contributed by atoms with Crippen LogP contribution in [0.25, 0.3) is 0 Å². The minimum absolute atomic E-state index is 0.0888. The second-order valence-corrected chi connectivity index (χ2v) is 10.7. The Hall–Kier alpha value is -2.96. The minimum Gasteiger partial charge on any atom is -0.461 e. The molecule has 0 radical (unpaired) electrons. The van der Waals surface area contributed by atoms with Crippen molar-refractivity contribution in [2.75, 3.05) is 6.61 Å². The van der Waals surface area contributed by atoms with Gasteiger partial charge in [-0.15, -0.1) is 0 Å². The van der Waals surface area contributed by atoms with Gasteiger partial charge in [-0.3, -0.25) is 4.79 Å². The summed E-state index contributed by atoms with van der Waals surface area (Å²) < 4.78 is 17.1. The first-order chi connectivity index (χ1) is 17.8. The van der Waals surface area contributed by atoms with Crippen molar-refractivity contribution in [3.8, 4) is 0 Å². The van der Waals surface area contributed by atoms with E-state index in [1.165, 1.54) is 0 Å². The third-order valence-electron chi connectivity index (χ3n) is 7.49. The molecule has 0 saturated carbocycles. The SMILES string of the molecule is C/C(=C/C(=O)OC(c1ccccc1)c1ccccc1)C1OC1(C)C[C@H](C)CCCC[C@H]1OC(=O)[C@@H]1CO. The number of ether oxygens (including phenoxy) is 3. The van der Waals surface area contributed by atoms with Gasteiger partial charge in [0.2, 0.25) is 0 Å². The zero-order valence-corrected chi connectivity index (χ0v) is 22.0. The maximum absolute atomic E-state index is 12.9. The molecule has 5 atom stereocenters. The van der Waals surface area contributed by atoms with Gasteiger partial charge in [0.1, 0.15) is 18.1 Å². The number of carbonyl (C=O) groups is 2. The molecule has 0 aliphatic carbocycles. The summed E-state index contributed by atoms with van der Waals surface area (Å²) in [5, 5.41) is 9.23. The highest BCUT2D eigenvalue weighted by Crippen LogP contribution is 2.46. The predicted octanol–water partition coefficient (Wildman–Crippen LogP) is 5.54. The number of hydrogen-bond acceptors (Lipinski definition) is 6. The van der Waals surface area contributed by atoms with E-state index < -0.39 is 6.10 Å². The molecular formula is C31H38O6. The molecule has 2 unspecified atom stereocenters. The Labute approximate surface area is 219 Å². The number of aliphatic hydroxyl groups excluding tert-OH is 1. The quantitative estimate of drug-likeness (QED) is 0.166. The first-order valence-corrected chi connectivity index (χ1v) is 13.3. The van der Waals surface area contributed by atoms with Gasteiger partial charge in [0.05, 0.1) is 12.2 Å². The highest BCUT2D eigenvalue weighted by Gasteiger charge is 2.53. The lowest BCUT2D eigenvalue weighted by atomic mass is 9.87. The van der Waals surface area contributed by atoms with Crippen LogP contribution in [0.15, 0.2) is 72.3 Å². The summed E-state index contributed by atoms with van der Waals surface area (Å²) in [5.74, 6) is -0.533. The lowest BCUT2D eigenvalue weighted by molar-refractivity contribution is -0.189. The van der Waals surface area contributed by atoms with E-state index in [0.29, 0.717) is 5.92 Å². The molecule has 2 aromatic rings. The second kappa shape index (κ2) is 12.1. The third-order valence-corrected chi connectivity index (χ3v) is 7.49. The molecule has 2 fully saturated rings. The van der Waals surface area contributed by atoms with E-state index in [-0.39, 0.29) is 42.3 Å². The number of rotatable bonds is 13. The van der Waals surface area contributed by atoms with Gasteiger partial charge < -0.3 is 19.3 Å². The van der Waals surface area contributed by atoms with Gasteiger partial charge in [-0.1, -0.05) is 80.4 Å². The molecular weight excluding hydrogens is 468 g/mol. The average molecular weight is 507 g/mol. The van der Waals surface area contributed by atoms with Crippen molar-refractivity contribution in [1.29, 1.82) is 0 Å². The number of unbranched alkanes of at least 4 members (excludes halogenated alkanes) is 1. The van der Waals surface area contributed by atoms with E-state index in [1.807, 2.05) is 67.6 Å². The van der Waals surface area contributed by atoms with Gasteiger partial charge in [-0.05, 0) is 55.7 Å². The van der Waals surface area contributed by atoms with Crippen molar-refractivity contribution < 1.29 is 28.9 Å². The Kier molecular flexibility index (Phi) is 8.83. The van der Waals surface area contributed by atoms with Crippen molar-refractivity contribution in [3.05, 3.63) is 83.4 Å². The zero-order valence-electron chi connectivity index (χ0n) is 22.0. The van der Waals surface area contributed by atoms with Gasteiger partial charge in [0, 0.05) is 6.08 Å². The zero-order chi connectivity index (χ0) is 26.4. The van der Waals surface area contributed by atoms with E-state index in [2.05, 4.69) is 13.8 Å². The largest absolute Gasteiger partial charge is 0.461 e. The Bertz CT molecular complexity index is 1040. The number of cyclic esters (lactones) is 1. The van der Waals surface area contributed by atoms with E-state index in [1.54, 1.807) is 6.08 Å². The fourth-order valence-electron chi connectivity index (χ4n) is 5.44. The van der Waals surface area contributed by atoms with E-state index in [9.17, 15) is 14.7 Å². The molecule has 6 nitrogen and oxygen atoms in total. The van der Waals surface area contributed by atoms with Crippen LogP contribution in [0.2, 0.25) is 0 Å². The Morgan fingerprint density at radius 3 is 2.27 bits per heavy atom. The number of esters is 2. The monoisotopic (exact) mass is 506 g/mol. The lowest BCUT2D eigenvalue weighted by Gasteiger charge is -2.33. The van der Waals surface area contributed by atoms with Crippen LogP contribution in [0.1, 0.15) is 70.1 Å². The first kappa shape index (κ1) is 27.1. The van der Waals surface area contributed by atoms with Crippen LogP contribution in [0.5, 0.6) is 0 Å². The lowest BCUT2D eigenvalue weighted by Crippen LogP contribution is -2.47. The van der Waals surface area contributed by atoms with Crippen molar-refractivity contribution in [1.82, 2.24) is 0 Å². The molecule has 37 heavy (non-hydrogen) atoms. The molecule has 2 aliphatic rings. The van der Waals surface area contributed by atoms with Crippen LogP contribution in [-0.2, 0) is 23.8 Å². The van der Waals surface area contributed by atoms with Crippen LogP contribution in [0, 0.1) is 11.8 Å². The average Bonchev–Trinajstić information content (AvgIpc) is 3.56. The molecule has 4 rings (SSSR count). The van der Waals surface area contributed by atoms with Crippen molar-refractivity contribution in [2.45, 2.75) is 76.8 Å². The molecule has 0 spiro atoms. The number of carbonyl (C=O) groups excluding carboxylic acids is 2. The smallest absolute Gasteiger partial charge is 0.331 e. The van der Waals surface area contributed by atoms with E-state index >= 15 is 0 Å². The molecule has 2 aromatic carbocycles. The summed E-state index contributed by atoms with van der Waals surface area (Å²) in [7, 11) is 0. The van der Waals surface area contributed by atoms with Gasteiger partial charge in [-0.2, -0.15) is 0 Å². The summed E-state index contributed by atoms with van der Waals surface area (Å²) in [5.41, 5.74) is 2.46. The highest BCUT2D eigenvalue weighted by atomic mass is 16.6. The van der Waals surface area contributed by atoms with E-state index in [4.69, 9.17) is 14.2 Å². The number of aliphatic hydroxyl groups is 1. The summed E-state index contributed by atoms with van der Waals surface area (Å²) >= 11 is 0. The molecule has 2 saturated heterocycles. The third kappa shape index (κ3) is 6.88. The standard InChI is InChI=1S/C31H38O6/c1-21(12-10-11-17-26-25(20-32)30(34)35-26)19-31(3)29(37-31)22(2)18-27(33)36-28(23-13-6-4-7-14-23)24-15-8-5-9-16-24/h4-9,13-16,18,21,25-26,28-29,32H,10-12,17,19-20H2,1-3H3/b22-18-/t21-,25-,26-,29?,31?/m1/s1. The molecule has 198 valence electrons. The molecule has 0 bridgehead atoms. The molecule has 1 N–H and O–H groups in total. The van der Waals surface area contributed by atoms with Gasteiger partial charge in [0.25, 0.3) is 0 Å². The van der Waals surface area contributed by atoms with Crippen LogP contribution in [0.4, 0.5) is 0 Å². The highest BCUT2D eigenvalue weighted by molar-refractivity contribution is 5.83. The van der Waals surface area contributed by atoms with Crippen LogP contribution >= 0.6 is 0 Å². The fraction of sp³-hybridized carbons (Fsp3) is 0.484. The van der Waals surface area contributed by atoms with Crippen molar-refractivity contribution in [3.63, 3.8) is 0 Å². The Balaban J connectivity index is 1.25. The summed E-state index contributed by atoms with van der Waals surface area (Å²) in [4.78, 5) is 24.2. The summed E-state index contributed by atoms with van der Waals surface area (Å²) in [6, 6.07) is 19.5. The van der Waals surface area contributed by atoms with E-state index in [0.717, 1.165) is 48.8 Å². The molecule has 0 amide bonds. The summed E-state index contributed by atoms with van der Waals surface area (Å²) in [6.07, 6.45) is 5.65. The molecule has 0 aromatic heterocycles. The topological polar surface area (TPSA) is 85.4 Å². The normalized spacial score (nSPS) is 25.8. The first-order valence-electron chi connectivity index (χ1n) is 13.3. The minimum atomic E-state index is -0.471. The Morgan fingerprint density at radius 2 is 1.70 bits per heavy atom. The van der Waals surface area contributed by atoms with Crippen LogP contribution in [-0.4, -0.2) is 41.5 Å². The van der Waals surface area contributed by atoms with Crippen molar-refractivity contribution in [2.24, 2.45) is 11.8 Å². The number of benzene rings is 2. The van der Waals surface area contributed by atoms with Crippen LogP contribution < -0.4 is 0 Å². The summed E-state index contributed by atoms with van der Waals surface area (Å²) in [6.45, 7) is 6.13. The van der Waals surface area contributed by atoms with Gasteiger partial charge >= 0.3 is 11.9 Å². The fourth-order valence-corrected chi connectivity index (χ4v) is 5.44. The molecule has 6 heteroatoms. The van der Waals surface area contributed by atoms with Crippen LogP contribution in [0.3, 0.4) is 0 Å². The maximum Gasteiger partial charge on any atom is 0.331 e. The Morgan fingerprint density at radius 1 is 1.08 bits per heavy atom. The number of hydrogen-bond donors (Lipinski definition) is 1. The second-order valence-electron chi connectivity index (χ2n) is 10.7.